The van der Waals surface area contributed by atoms with E-state index < -0.39 is 16.1 Å². The summed E-state index contributed by atoms with van der Waals surface area (Å²) in [4.78, 5) is 9.25. The van der Waals surface area contributed by atoms with E-state index in [-0.39, 0.29) is 22.2 Å². The van der Waals surface area contributed by atoms with Crippen molar-refractivity contribution in [2.75, 3.05) is 11.3 Å². The Morgan fingerprint density at radius 1 is 1.06 bits per heavy atom. The number of aryl methyl sites for hydroxylation is 2. The van der Waals surface area contributed by atoms with E-state index in [4.69, 9.17) is 10.5 Å². The van der Waals surface area contributed by atoms with Gasteiger partial charge in [-0.1, -0.05) is 51.1 Å². The highest BCUT2D eigenvalue weighted by atomic mass is 32.2. The molecule has 0 saturated carbocycles. The molecule has 2 aromatic carbocycles. The molecule has 0 amide bonds. The van der Waals surface area contributed by atoms with Gasteiger partial charge < -0.3 is 10.5 Å². The van der Waals surface area contributed by atoms with Gasteiger partial charge in [0.25, 0.3) is 10.0 Å². The number of ether oxygens (including phenoxy) is 1. The van der Waals surface area contributed by atoms with Crippen LogP contribution in [0.3, 0.4) is 0 Å². The van der Waals surface area contributed by atoms with E-state index in [1.54, 1.807) is 18.2 Å². The number of nitrogens with one attached hydrogen (secondary N) is 1. The van der Waals surface area contributed by atoms with Crippen molar-refractivity contribution in [3.63, 3.8) is 0 Å². The number of nitrogens with zero attached hydrogens (tertiary/aromatic N) is 2. The van der Waals surface area contributed by atoms with Crippen molar-refractivity contribution in [3.8, 4) is 17.1 Å². The van der Waals surface area contributed by atoms with Gasteiger partial charge in [0.05, 0.1) is 17.2 Å². The second-order valence-corrected chi connectivity index (χ2v) is 12.3. The van der Waals surface area contributed by atoms with Crippen molar-refractivity contribution >= 4 is 16.0 Å². The highest BCUT2D eigenvalue weighted by Crippen LogP contribution is 2.36. The molecule has 0 saturated heterocycles. The van der Waals surface area contributed by atoms with E-state index >= 15 is 0 Å². The molecule has 1 aliphatic heterocycles. The van der Waals surface area contributed by atoms with Gasteiger partial charge in [0.1, 0.15) is 0 Å². The fourth-order valence-electron chi connectivity index (χ4n) is 4.72. The van der Waals surface area contributed by atoms with Crippen LogP contribution in [-0.4, -0.2) is 25.0 Å². The van der Waals surface area contributed by atoms with Gasteiger partial charge in [-0.25, -0.2) is 18.1 Å². The Bertz CT molecular complexity index is 1340. The fraction of sp³-hybridized carbons (Fsp3) is 0.407. The monoisotopic (exact) mass is 494 g/mol. The first kappa shape index (κ1) is 25.1. The molecule has 4 bridgehead atoms. The molecule has 4 rings (SSSR count). The molecule has 3 aromatic rings. The maximum absolute atomic E-state index is 13.3. The zero-order valence-corrected chi connectivity index (χ0v) is 22.0. The summed E-state index contributed by atoms with van der Waals surface area (Å²) in [6.07, 6.45) is 0.796. The average Bonchev–Trinajstić information content (AvgIpc) is 2.77. The Hall–Kier alpha value is -2.97. The van der Waals surface area contributed by atoms with Crippen molar-refractivity contribution in [2.24, 2.45) is 17.1 Å². The molecule has 1 unspecified atom stereocenters. The Balaban J connectivity index is 1.92. The lowest BCUT2D eigenvalue weighted by molar-refractivity contribution is 0.167. The molecule has 8 heteroatoms. The van der Waals surface area contributed by atoms with E-state index in [9.17, 15) is 8.42 Å². The summed E-state index contributed by atoms with van der Waals surface area (Å²) in [5, 5.41) is 0. The summed E-state index contributed by atoms with van der Waals surface area (Å²) in [5.74, 6) is 0.276. The number of hydrogen-bond acceptors (Lipinski definition) is 6. The number of aromatic nitrogens is 2. The molecular formula is C27H34N4O3S. The molecule has 1 aromatic heterocycles. The predicted octanol–water partition coefficient (Wildman–Crippen LogP) is 5.31. The topological polar surface area (TPSA) is 107 Å². The second-order valence-electron chi connectivity index (χ2n) is 10.6. The van der Waals surface area contributed by atoms with Gasteiger partial charge in [0.2, 0.25) is 11.8 Å². The third kappa shape index (κ3) is 5.33. The number of rotatable bonds is 2. The number of fused-ring (bicyclic) bond motifs is 4. The van der Waals surface area contributed by atoms with E-state index in [2.05, 4.69) is 35.5 Å². The minimum atomic E-state index is -3.94. The van der Waals surface area contributed by atoms with Crippen LogP contribution in [0, 0.1) is 32.1 Å². The summed E-state index contributed by atoms with van der Waals surface area (Å²) in [7, 11) is -3.94. The van der Waals surface area contributed by atoms with Crippen LogP contribution in [0.2, 0.25) is 0 Å². The van der Waals surface area contributed by atoms with Gasteiger partial charge >= 0.3 is 0 Å². The van der Waals surface area contributed by atoms with Crippen molar-refractivity contribution < 1.29 is 13.2 Å². The molecular weight excluding hydrogens is 460 g/mol. The summed E-state index contributed by atoms with van der Waals surface area (Å²) < 4.78 is 35.4. The minimum absolute atomic E-state index is 0.00323. The van der Waals surface area contributed by atoms with Gasteiger partial charge in [-0.05, 0) is 61.4 Å². The average molecular weight is 495 g/mol. The third-order valence-corrected chi connectivity index (χ3v) is 7.74. The van der Waals surface area contributed by atoms with Crippen LogP contribution in [-0.2, 0) is 10.0 Å². The van der Waals surface area contributed by atoms with Crippen molar-refractivity contribution in [3.05, 3.63) is 64.7 Å². The summed E-state index contributed by atoms with van der Waals surface area (Å²) in [6.45, 7) is 12.8. The maximum atomic E-state index is 13.3. The van der Waals surface area contributed by atoms with Gasteiger partial charge in [0.15, 0.2) is 0 Å². The lowest BCUT2D eigenvalue weighted by Gasteiger charge is -2.31. The summed E-state index contributed by atoms with van der Waals surface area (Å²) >= 11 is 0. The molecule has 1 aliphatic rings. The molecule has 2 atom stereocenters. The lowest BCUT2D eigenvalue weighted by atomic mass is 9.80. The first-order chi connectivity index (χ1) is 16.4. The van der Waals surface area contributed by atoms with Gasteiger partial charge in [-0.15, -0.1) is 0 Å². The summed E-state index contributed by atoms with van der Waals surface area (Å²) in [6, 6.07) is 12.4. The molecule has 0 radical (unpaired) electrons. The fourth-order valence-corrected chi connectivity index (χ4v) is 5.71. The minimum Gasteiger partial charge on any atom is -0.477 e. The van der Waals surface area contributed by atoms with Crippen LogP contribution < -0.4 is 15.2 Å². The Morgan fingerprint density at radius 3 is 2.37 bits per heavy atom. The largest absolute Gasteiger partial charge is 0.477 e. The van der Waals surface area contributed by atoms with Crippen molar-refractivity contribution in [1.82, 2.24) is 9.97 Å². The second kappa shape index (κ2) is 9.24. The highest BCUT2D eigenvalue weighted by molar-refractivity contribution is 7.92. The Morgan fingerprint density at radius 2 is 1.71 bits per heavy atom. The zero-order valence-electron chi connectivity index (χ0n) is 21.2. The number of sulfonamides is 1. The lowest BCUT2D eigenvalue weighted by Crippen LogP contribution is -2.31. The molecule has 35 heavy (non-hydrogen) atoms. The molecule has 3 N–H and O–H groups in total. The van der Waals surface area contributed by atoms with Gasteiger partial charge in [-0.3, -0.25) is 0 Å². The van der Waals surface area contributed by atoms with E-state index in [1.165, 1.54) is 0 Å². The predicted molar refractivity (Wildman–Crippen MR) is 139 cm³/mol. The molecule has 2 heterocycles. The third-order valence-electron chi connectivity index (χ3n) is 6.41. The smallest absolute Gasteiger partial charge is 0.264 e. The van der Waals surface area contributed by atoms with Crippen LogP contribution in [0.5, 0.6) is 5.88 Å². The quantitative estimate of drug-likeness (QED) is 0.500. The SMILES string of the molecule is Cc1cccc(C)c1-c1nc2nc(c1C)OC[C@@H](CC(C)(C)C)C(N)c1cccc(c1)S(=O)(=O)N2. The molecule has 0 fully saturated rings. The number of benzene rings is 2. The van der Waals surface area contributed by atoms with Crippen molar-refractivity contribution in [2.45, 2.75) is 58.9 Å². The standard InChI is InChI=1S/C27H34N4O3S/c1-16-9-7-10-17(2)22(16)24-18(3)25-30-26(29-24)31-35(32,33)21-12-8-11-19(13-21)23(28)20(15-34-25)14-27(4,5)6/h7-13,20,23H,14-15,28H2,1-6H3,(H,29,30,31)/t20-,23?/m1/s1. The number of hydrogen-bond donors (Lipinski definition) is 2. The van der Waals surface area contributed by atoms with Crippen LogP contribution in [0.1, 0.15) is 55.5 Å². The zero-order chi connectivity index (χ0) is 25.5. The van der Waals surface area contributed by atoms with E-state index in [1.807, 2.05) is 45.0 Å². The van der Waals surface area contributed by atoms with Gasteiger partial charge in [0, 0.05) is 23.1 Å². The van der Waals surface area contributed by atoms with Crippen LogP contribution in [0.25, 0.3) is 11.3 Å². The molecule has 7 nitrogen and oxygen atoms in total. The number of nitrogens with two attached hydrogens (primary N) is 1. The number of anilines is 1. The maximum Gasteiger partial charge on any atom is 0.264 e. The van der Waals surface area contributed by atoms with E-state index in [0.717, 1.165) is 34.2 Å². The molecule has 0 aliphatic carbocycles. The molecule has 0 spiro atoms. The Labute approximate surface area is 208 Å². The summed E-state index contributed by atoms with van der Waals surface area (Å²) in [5.41, 5.74) is 11.9. The highest BCUT2D eigenvalue weighted by Gasteiger charge is 2.29. The molecule has 186 valence electrons. The van der Waals surface area contributed by atoms with Crippen LogP contribution in [0.4, 0.5) is 5.95 Å². The Kier molecular flexibility index (Phi) is 6.64. The first-order valence-corrected chi connectivity index (χ1v) is 13.3. The van der Waals surface area contributed by atoms with Gasteiger partial charge in [-0.2, -0.15) is 4.98 Å². The van der Waals surface area contributed by atoms with Crippen LogP contribution in [0.15, 0.2) is 47.4 Å². The van der Waals surface area contributed by atoms with Crippen LogP contribution >= 0.6 is 0 Å². The van der Waals surface area contributed by atoms with E-state index in [0.29, 0.717) is 18.2 Å². The van der Waals surface area contributed by atoms with Crippen molar-refractivity contribution in [1.29, 1.82) is 0 Å². The first-order valence-electron chi connectivity index (χ1n) is 11.8. The normalized spacial score (nSPS) is 19.6.